The molecule has 2 aromatic rings. The summed E-state index contributed by atoms with van der Waals surface area (Å²) in [7, 11) is 0. The summed E-state index contributed by atoms with van der Waals surface area (Å²) in [4.78, 5) is 12.2. The molecule has 1 aromatic heterocycles. The van der Waals surface area contributed by atoms with E-state index in [1.54, 1.807) is 10.6 Å². The van der Waals surface area contributed by atoms with Gasteiger partial charge in [-0.2, -0.15) is 0 Å². The zero-order valence-corrected chi connectivity index (χ0v) is 12.8. The lowest BCUT2D eigenvalue weighted by molar-refractivity contribution is 0.242. The van der Waals surface area contributed by atoms with E-state index in [1.807, 2.05) is 51.1 Å². The quantitative estimate of drug-likeness (QED) is 0.917. The van der Waals surface area contributed by atoms with Crippen LogP contribution in [-0.2, 0) is 6.54 Å². The lowest BCUT2D eigenvalue weighted by atomic mass is 10.1. The van der Waals surface area contributed by atoms with E-state index in [-0.39, 0.29) is 17.4 Å². The van der Waals surface area contributed by atoms with Gasteiger partial charge in [-0.3, -0.25) is 4.79 Å². The third-order valence-electron chi connectivity index (χ3n) is 3.17. The van der Waals surface area contributed by atoms with Gasteiger partial charge in [0.15, 0.2) is 0 Å². The lowest BCUT2D eigenvalue weighted by Crippen LogP contribution is -2.24. The van der Waals surface area contributed by atoms with E-state index in [9.17, 15) is 4.79 Å². The molecule has 1 heterocycles. The minimum absolute atomic E-state index is 0.128. The molecule has 112 valence electrons. The molecule has 2 N–H and O–H groups in total. The molecule has 0 radical (unpaired) electrons. The van der Waals surface area contributed by atoms with Crippen LogP contribution in [0.3, 0.4) is 0 Å². The van der Waals surface area contributed by atoms with Gasteiger partial charge in [0, 0.05) is 6.54 Å². The van der Waals surface area contributed by atoms with Gasteiger partial charge in [-0.1, -0.05) is 6.92 Å². The molecule has 4 nitrogen and oxygen atoms in total. The summed E-state index contributed by atoms with van der Waals surface area (Å²) >= 11 is 0. The first kappa shape index (κ1) is 15.2. The first-order valence-corrected chi connectivity index (χ1v) is 7.29. The maximum absolute atomic E-state index is 12.2. The van der Waals surface area contributed by atoms with Crippen molar-refractivity contribution in [2.45, 2.75) is 39.8 Å². The highest BCUT2D eigenvalue weighted by Gasteiger charge is 2.08. The number of nitrogen functional groups attached to an aromatic ring is 1. The highest BCUT2D eigenvalue weighted by molar-refractivity contribution is 5.62. The summed E-state index contributed by atoms with van der Waals surface area (Å²) in [5.41, 5.74) is 7.74. The fraction of sp³-hybridized carbons (Fsp3) is 0.353. The Kier molecular flexibility index (Phi) is 4.68. The summed E-state index contributed by atoms with van der Waals surface area (Å²) in [5, 5.41) is 0. The molecule has 0 unspecified atom stereocenters. The Morgan fingerprint density at radius 1 is 1.14 bits per heavy atom. The first-order chi connectivity index (χ1) is 10.0. The number of hydrogen-bond donors (Lipinski definition) is 1. The molecular weight excluding hydrogens is 264 g/mol. The van der Waals surface area contributed by atoms with Crippen molar-refractivity contribution in [3.8, 4) is 17.0 Å². The minimum Gasteiger partial charge on any atom is -0.491 e. The number of anilines is 1. The summed E-state index contributed by atoms with van der Waals surface area (Å²) < 4.78 is 7.37. The Morgan fingerprint density at radius 2 is 1.81 bits per heavy atom. The topological polar surface area (TPSA) is 57.2 Å². The van der Waals surface area contributed by atoms with Gasteiger partial charge < -0.3 is 15.0 Å². The van der Waals surface area contributed by atoms with Crippen molar-refractivity contribution in [1.29, 1.82) is 0 Å². The Balaban J connectivity index is 2.42. The second kappa shape index (κ2) is 6.48. The predicted octanol–water partition coefficient (Wildman–Crippen LogP) is 3.29. The van der Waals surface area contributed by atoms with Gasteiger partial charge in [0.2, 0.25) is 0 Å². The standard InChI is InChI=1S/C17H22N2O2/c1-4-11-19-16(10-9-15(18)17(19)20)13-5-7-14(8-6-13)21-12(2)3/h5-10,12H,4,11,18H2,1-3H3. The number of hydrogen-bond acceptors (Lipinski definition) is 3. The Hall–Kier alpha value is -2.23. The highest BCUT2D eigenvalue weighted by Crippen LogP contribution is 2.23. The molecule has 0 aliphatic carbocycles. The number of ether oxygens (including phenoxy) is 1. The zero-order chi connectivity index (χ0) is 15.4. The van der Waals surface area contributed by atoms with Gasteiger partial charge in [0.25, 0.3) is 5.56 Å². The van der Waals surface area contributed by atoms with Crippen molar-refractivity contribution in [1.82, 2.24) is 4.57 Å². The second-order valence-electron chi connectivity index (χ2n) is 5.32. The number of benzene rings is 1. The van der Waals surface area contributed by atoms with Crippen molar-refractivity contribution in [2.24, 2.45) is 0 Å². The van der Waals surface area contributed by atoms with Crippen LogP contribution in [0, 0.1) is 0 Å². The van der Waals surface area contributed by atoms with Crippen molar-refractivity contribution >= 4 is 5.69 Å². The number of nitrogens with two attached hydrogens (primary N) is 1. The van der Waals surface area contributed by atoms with Crippen LogP contribution in [0.4, 0.5) is 5.69 Å². The average Bonchev–Trinajstić information content (AvgIpc) is 2.45. The molecular formula is C17H22N2O2. The SMILES string of the molecule is CCCn1c(-c2ccc(OC(C)C)cc2)ccc(N)c1=O. The van der Waals surface area contributed by atoms with Gasteiger partial charge in [0.1, 0.15) is 5.75 Å². The molecule has 2 rings (SSSR count). The molecule has 0 bridgehead atoms. The van der Waals surface area contributed by atoms with Crippen LogP contribution in [-0.4, -0.2) is 10.7 Å². The third-order valence-corrected chi connectivity index (χ3v) is 3.17. The molecule has 0 spiro atoms. The van der Waals surface area contributed by atoms with E-state index < -0.39 is 0 Å². The molecule has 0 saturated carbocycles. The van der Waals surface area contributed by atoms with E-state index in [0.29, 0.717) is 6.54 Å². The molecule has 0 amide bonds. The summed E-state index contributed by atoms with van der Waals surface area (Å²) in [6.07, 6.45) is 1.02. The fourth-order valence-electron chi connectivity index (χ4n) is 2.27. The second-order valence-corrected chi connectivity index (χ2v) is 5.32. The van der Waals surface area contributed by atoms with E-state index in [0.717, 1.165) is 23.4 Å². The van der Waals surface area contributed by atoms with Gasteiger partial charge in [-0.15, -0.1) is 0 Å². The number of nitrogens with zero attached hydrogens (tertiary/aromatic N) is 1. The van der Waals surface area contributed by atoms with E-state index in [1.165, 1.54) is 0 Å². The van der Waals surface area contributed by atoms with Crippen molar-refractivity contribution < 1.29 is 4.74 Å². The van der Waals surface area contributed by atoms with Crippen molar-refractivity contribution in [2.75, 3.05) is 5.73 Å². The van der Waals surface area contributed by atoms with Crippen LogP contribution in [0.15, 0.2) is 41.2 Å². The molecule has 0 aliphatic heterocycles. The van der Waals surface area contributed by atoms with Crippen LogP contribution in [0.5, 0.6) is 5.75 Å². The third kappa shape index (κ3) is 3.45. The molecule has 1 aromatic carbocycles. The predicted molar refractivity (Wildman–Crippen MR) is 86.6 cm³/mol. The van der Waals surface area contributed by atoms with Crippen molar-refractivity contribution in [3.05, 3.63) is 46.8 Å². The Labute approximate surface area is 125 Å². The summed E-state index contributed by atoms with van der Waals surface area (Å²) in [6, 6.07) is 11.3. The number of rotatable bonds is 5. The van der Waals surface area contributed by atoms with E-state index in [2.05, 4.69) is 0 Å². The smallest absolute Gasteiger partial charge is 0.274 e. The molecule has 4 heteroatoms. The van der Waals surface area contributed by atoms with Gasteiger partial charge in [-0.25, -0.2) is 0 Å². The first-order valence-electron chi connectivity index (χ1n) is 7.29. The van der Waals surface area contributed by atoms with Crippen LogP contribution >= 0.6 is 0 Å². The van der Waals surface area contributed by atoms with E-state index >= 15 is 0 Å². The molecule has 0 aliphatic rings. The number of pyridine rings is 1. The molecule has 0 fully saturated rings. The minimum atomic E-state index is -0.128. The highest BCUT2D eigenvalue weighted by atomic mass is 16.5. The molecule has 0 saturated heterocycles. The monoisotopic (exact) mass is 286 g/mol. The van der Waals surface area contributed by atoms with Crippen LogP contribution < -0.4 is 16.0 Å². The number of aromatic nitrogens is 1. The molecule has 0 atom stereocenters. The lowest BCUT2D eigenvalue weighted by Gasteiger charge is -2.14. The largest absolute Gasteiger partial charge is 0.491 e. The fourth-order valence-corrected chi connectivity index (χ4v) is 2.27. The maximum atomic E-state index is 12.2. The van der Waals surface area contributed by atoms with Crippen LogP contribution in [0.25, 0.3) is 11.3 Å². The maximum Gasteiger partial charge on any atom is 0.274 e. The average molecular weight is 286 g/mol. The van der Waals surface area contributed by atoms with E-state index in [4.69, 9.17) is 10.5 Å². The normalized spacial score (nSPS) is 10.9. The Bertz CT molecular complexity index is 657. The van der Waals surface area contributed by atoms with Gasteiger partial charge >= 0.3 is 0 Å². The summed E-state index contributed by atoms with van der Waals surface area (Å²) in [6.45, 7) is 6.68. The van der Waals surface area contributed by atoms with Crippen LogP contribution in [0.2, 0.25) is 0 Å². The molecule has 21 heavy (non-hydrogen) atoms. The summed E-state index contributed by atoms with van der Waals surface area (Å²) in [5.74, 6) is 0.827. The van der Waals surface area contributed by atoms with Gasteiger partial charge in [0.05, 0.1) is 17.5 Å². The van der Waals surface area contributed by atoms with Crippen molar-refractivity contribution in [3.63, 3.8) is 0 Å². The van der Waals surface area contributed by atoms with Crippen LogP contribution in [0.1, 0.15) is 27.2 Å². The Morgan fingerprint density at radius 3 is 2.38 bits per heavy atom. The zero-order valence-electron chi connectivity index (χ0n) is 12.8. The van der Waals surface area contributed by atoms with Gasteiger partial charge in [-0.05, 0) is 62.2 Å².